The van der Waals surface area contributed by atoms with Crippen LogP contribution in [0.4, 0.5) is 0 Å². The molecule has 1 fully saturated rings. The quantitative estimate of drug-likeness (QED) is 0.807. The van der Waals surface area contributed by atoms with Crippen molar-refractivity contribution in [2.45, 2.75) is 50.9 Å². The molecule has 108 valence electrons. The van der Waals surface area contributed by atoms with Crippen molar-refractivity contribution in [2.24, 2.45) is 5.92 Å². The van der Waals surface area contributed by atoms with Crippen molar-refractivity contribution < 1.29 is 12.8 Å². The number of nitrogens with zero attached hydrogens (tertiary/aromatic N) is 1. The highest BCUT2D eigenvalue weighted by Gasteiger charge is 2.39. The zero-order valence-electron chi connectivity index (χ0n) is 11.7. The van der Waals surface area contributed by atoms with E-state index in [4.69, 9.17) is 16.0 Å². The molecule has 2 heterocycles. The van der Waals surface area contributed by atoms with Gasteiger partial charge in [-0.3, -0.25) is 0 Å². The Hall–Kier alpha value is -0.520. The van der Waals surface area contributed by atoms with E-state index in [-0.39, 0.29) is 16.8 Å². The molecule has 0 amide bonds. The summed E-state index contributed by atoms with van der Waals surface area (Å²) < 4.78 is 32.7. The van der Waals surface area contributed by atoms with E-state index in [0.29, 0.717) is 29.5 Å². The van der Waals surface area contributed by atoms with Gasteiger partial charge in [-0.1, -0.05) is 6.92 Å². The average Bonchev–Trinajstić information content (AvgIpc) is 2.78. The number of halogens is 1. The number of furan rings is 1. The maximum atomic E-state index is 12.8. The second-order valence-electron chi connectivity index (χ2n) is 5.42. The van der Waals surface area contributed by atoms with E-state index < -0.39 is 10.0 Å². The van der Waals surface area contributed by atoms with Crippen LogP contribution in [0.5, 0.6) is 0 Å². The Bertz CT molecular complexity index is 579. The third kappa shape index (κ3) is 2.43. The van der Waals surface area contributed by atoms with Gasteiger partial charge in [-0.15, -0.1) is 11.6 Å². The van der Waals surface area contributed by atoms with Crippen LogP contribution in [0.2, 0.25) is 0 Å². The van der Waals surface area contributed by atoms with Gasteiger partial charge in [0.25, 0.3) is 0 Å². The molecule has 2 unspecified atom stereocenters. The topological polar surface area (TPSA) is 50.5 Å². The summed E-state index contributed by atoms with van der Waals surface area (Å²) in [5.74, 6) is 1.55. The Balaban J connectivity index is 2.51. The summed E-state index contributed by atoms with van der Waals surface area (Å²) in [6.07, 6.45) is 0.894. The predicted octanol–water partition coefficient (Wildman–Crippen LogP) is 3.05. The van der Waals surface area contributed by atoms with Gasteiger partial charge in [-0.2, -0.15) is 4.31 Å². The van der Waals surface area contributed by atoms with Gasteiger partial charge in [0, 0.05) is 18.2 Å². The van der Waals surface area contributed by atoms with Crippen LogP contribution in [0.1, 0.15) is 37.4 Å². The lowest BCUT2D eigenvalue weighted by atomic mass is 10.1. The maximum absolute atomic E-state index is 12.8. The third-order valence-electron chi connectivity index (χ3n) is 3.75. The first kappa shape index (κ1) is 14.9. The first-order valence-corrected chi connectivity index (χ1v) is 8.43. The van der Waals surface area contributed by atoms with E-state index in [1.165, 1.54) is 0 Å². The molecule has 2 rings (SSSR count). The van der Waals surface area contributed by atoms with Crippen LogP contribution in [0.3, 0.4) is 0 Å². The fourth-order valence-corrected chi connectivity index (χ4v) is 5.49. The number of rotatable bonds is 3. The molecule has 0 N–H and O–H groups in total. The van der Waals surface area contributed by atoms with Gasteiger partial charge in [0.1, 0.15) is 16.4 Å². The van der Waals surface area contributed by atoms with Crippen molar-refractivity contribution >= 4 is 21.6 Å². The van der Waals surface area contributed by atoms with Crippen LogP contribution < -0.4 is 0 Å². The van der Waals surface area contributed by atoms with Crippen molar-refractivity contribution in [1.82, 2.24) is 4.31 Å². The van der Waals surface area contributed by atoms with Crippen LogP contribution >= 0.6 is 11.6 Å². The first-order valence-electron chi connectivity index (χ1n) is 6.45. The van der Waals surface area contributed by atoms with Gasteiger partial charge in [0.2, 0.25) is 10.0 Å². The van der Waals surface area contributed by atoms with Crippen molar-refractivity contribution in [2.75, 3.05) is 6.54 Å². The van der Waals surface area contributed by atoms with E-state index in [1.54, 1.807) is 18.2 Å². The van der Waals surface area contributed by atoms with Crippen LogP contribution in [0, 0.1) is 19.8 Å². The van der Waals surface area contributed by atoms with Crippen LogP contribution in [-0.4, -0.2) is 25.3 Å². The van der Waals surface area contributed by atoms with Crippen molar-refractivity contribution in [1.29, 1.82) is 0 Å². The van der Waals surface area contributed by atoms with Crippen molar-refractivity contribution in [3.63, 3.8) is 0 Å². The third-order valence-corrected chi connectivity index (χ3v) is 6.20. The van der Waals surface area contributed by atoms with E-state index in [0.717, 1.165) is 6.42 Å². The first-order chi connectivity index (χ1) is 8.78. The van der Waals surface area contributed by atoms with Crippen LogP contribution in [-0.2, 0) is 15.9 Å². The van der Waals surface area contributed by atoms with E-state index in [9.17, 15) is 8.42 Å². The average molecular weight is 306 g/mol. The molecule has 6 heteroatoms. The molecule has 4 nitrogen and oxygen atoms in total. The monoisotopic (exact) mass is 305 g/mol. The second-order valence-corrected chi connectivity index (χ2v) is 7.52. The standard InChI is InChI=1S/C13H20ClNO3S/c1-8-5-9(2)15(7-8)19(16,17)13-11(4)18-10(3)12(13)6-14/h8-9H,5-7H2,1-4H3. The molecule has 19 heavy (non-hydrogen) atoms. The molecule has 0 bridgehead atoms. The SMILES string of the molecule is Cc1oc(C)c(S(=O)(=O)N2CC(C)CC2C)c1CCl. The normalized spacial score (nSPS) is 25.1. The van der Waals surface area contributed by atoms with Crippen LogP contribution in [0.15, 0.2) is 9.31 Å². The van der Waals surface area contributed by atoms with Crippen molar-refractivity contribution in [3.05, 3.63) is 17.1 Å². The molecule has 1 aromatic rings. The van der Waals surface area contributed by atoms with Gasteiger partial charge in [-0.05, 0) is 33.1 Å². The van der Waals surface area contributed by atoms with Gasteiger partial charge in [0.15, 0.2) is 0 Å². The number of sulfonamides is 1. The Morgan fingerprint density at radius 1 is 1.32 bits per heavy atom. The minimum absolute atomic E-state index is 0.0257. The highest BCUT2D eigenvalue weighted by molar-refractivity contribution is 7.89. The van der Waals surface area contributed by atoms with Gasteiger partial charge >= 0.3 is 0 Å². The molecule has 0 aromatic carbocycles. The highest BCUT2D eigenvalue weighted by atomic mass is 35.5. The van der Waals surface area contributed by atoms with Gasteiger partial charge in [0.05, 0.1) is 5.88 Å². The predicted molar refractivity (Wildman–Crippen MR) is 74.9 cm³/mol. The molecular weight excluding hydrogens is 286 g/mol. The lowest BCUT2D eigenvalue weighted by Gasteiger charge is -2.21. The Morgan fingerprint density at radius 3 is 2.42 bits per heavy atom. The zero-order chi connectivity index (χ0) is 14.4. The molecule has 1 aromatic heterocycles. The molecule has 1 aliphatic rings. The molecule has 1 saturated heterocycles. The number of aryl methyl sites for hydroxylation is 2. The molecule has 2 atom stereocenters. The van der Waals surface area contributed by atoms with E-state index >= 15 is 0 Å². The fourth-order valence-electron chi connectivity index (χ4n) is 2.92. The molecule has 0 aliphatic carbocycles. The largest absolute Gasteiger partial charge is 0.465 e. The number of hydrogen-bond acceptors (Lipinski definition) is 3. The number of alkyl halides is 1. The summed E-state index contributed by atoms with van der Waals surface area (Å²) in [4.78, 5) is 0.265. The molecule has 1 aliphatic heterocycles. The van der Waals surface area contributed by atoms with Crippen LogP contribution in [0.25, 0.3) is 0 Å². The Morgan fingerprint density at radius 2 is 1.95 bits per heavy atom. The smallest absolute Gasteiger partial charge is 0.247 e. The van der Waals surface area contributed by atoms with Gasteiger partial charge < -0.3 is 4.42 Å². The zero-order valence-corrected chi connectivity index (χ0v) is 13.3. The van der Waals surface area contributed by atoms with E-state index in [2.05, 4.69) is 6.92 Å². The Labute approximate surface area is 119 Å². The lowest BCUT2D eigenvalue weighted by molar-refractivity contribution is 0.403. The highest BCUT2D eigenvalue weighted by Crippen LogP contribution is 2.35. The maximum Gasteiger partial charge on any atom is 0.247 e. The summed E-state index contributed by atoms with van der Waals surface area (Å²) in [6, 6.07) is 0.0257. The fraction of sp³-hybridized carbons (Fsp3) is 0.692. The van der Waals surface area contributed by atoms with Crippen molar-refractivity contribution in [3.8, 4) is 0 Å². The lowest BCUT2D eigenvalue weighted by Crippen LogP contribution is -2.34. The minimum atomic E-state index is -3.52. The summed E-state index contributed by atoms with van der Waals surface area (Å²) in [5.41, 5.74) is 0.589. The number of hydrogen-bond donors (Lipinski definition) is 0. The second kappa shape index (κ2) is 5.11. The van der Waals surface area contributed by atoms with E-state index in [1.807, 2.05) is 6.92 Å². The Kier molecular flexibility index (Phi) is 4.00. The molecule has 0 spiro atoms. The molecular formula is C13H20ClNO3S. The summed E-state index contributed by atoms with van der Waals surface area (Å²) in [6.45, 7) is 8.01. The molecule has 0 radical (unpaired) electrons. The summed E-state index contributed by atoms with van der Waals surface area (Å²) >= 11 is 5.89. The molecule has 0 saturated carbocycles. The summed E-state index contributed by atoms with van der Waals surface area (Å²) in [5, 5.41) is 0. The minimum Gasteiger partial charge on any atom is -0.465 e. The summed E-state index contributed by atoms with van der Waals surface area (Å²) in [7, 11) is -3.52. The van der Waals surface area contributed by atoms with Gasteiger partial charge in [-0.25, -0.2) is 8.42 Å².